The molecule has 0 unspecified atom stereocenters. The fraction of sp³-hybridized carbons (Fsp3) is 0.0714. The summed E-state index contributed by atoms with van der Waals surface area (Å²) in [6.45, 7) is 1.91. The first-order valence-corrected chi connectivity index (χ1v) is 6.67. The van der Waals surface area contributed by atoms with Crippen LogP contribution in [0.2, 0.25) is 0 Å². The Morgan fingerprint density at radius 2 is 1.95 bits per heavy atom. The van der Waals surface area contributed by atoms with Gasteiger partial charge in [-0.2, -0.15) is 0 Å². The maximum atomic E-state index is 11.0. The van der Waals surface area contributed by atoms with E-state index in [0.717, 1.165) is 10.5 Å². The van der Waals surface area contributed by atoms with Crippen LogP contribution in [-0.4, -0.2) is 10.8 Å². The van der Waals surface area contributed by atoms with Gasteiger partial charge in [0.1, 0.15) is 5.84 Å². The topological polar surface area (TPSA) is 93.0 Å². The summed E-state index contributed by atoms with van der Waals surface area (Å²) in [5, 5.41) is 18.6. The average molecular weight is 287 g/mol. The molecule has 6 heteroatoms. The minimum absolute atomic E-state index is 0.0465. The van der Waals surface area contributed by atoms with E-state index in [9.17, 15) is 10.1 Å². The Bertz CT molecular complexity index is 686. The molecule has 0 aromatic heterocycles. The highest BCUT2D eigenvalue weighted by Crippen LogP contribution is 2.36. The van der Waals surface area contributed by atoms with Gasteiger partial charge in [0.25, 0.3) is 5.69 Å². The second kappa shape index (κ2) is 5.75. The number of benzene rings is 2. The van der Waals surface area contributed by atoms with Crippen molar-refractivity contribution >= 4 is 23.3 Å². The van der Waals surface area contributed by atoms with E-state index in [1.165, 1.54) is 17.8 Å². The largest absolute Gasteiger partial charge is 0.384 e. The van der Waals surface area contributed by atoms with Crippen molar-refractivity contribution < 1.29 is 4.92 Å². The van der Waals surface area contributed by atoms with E-state index in [2.05, 4.69) is 0 Å². The molecule has 5 nitrogen and oxygen atoms in total. The number of nitro groups is 1. The van der Waals surface area contributed by atoms with Crippen LogP contribution in [0.5, 0.6) is 0 Å². The molecule has 0 aliphatic carbocycles. The number of hydrogen-bond donors (Lipinski definition) is 2. The SMILES string of the molecule is Cc1ccc(Sc2ccccc2[N+](=O)[O-])c(C(=N)N)c1. The van der Waals surface area contributed by atoms with Crippen LogP contribution in [0.25, 0.3) is 0 Å². The van der Waals surface area contributed by atoms with Gasteiger partial charge in [0.2, 0.25) is 0 Å². The van der Waals surface area contributed by atoms with Gasteiger partial charge in [-0.3, -0.25) is 15.5 Å². The number of nitrogens with one attached hydrogen (secondary N) is 1. The minimum atomic E-state index is -0.413. The molecule has 2 aromatic carbocycles. The number of nitro benzene ring substituents is 1. The number of aryl methyl sites for hydroxylation is 1. The summed E-state index contributed by atoms with van der Waals surface area (Å²) in [5.74, 6) is -0.0465. The Morgan fingerprint density at radius 1 is 1.25 bits per heavy atom. The van der Waals surface area contributed by atoms with Gasteiger partial charge in [0.05, 0.1) is 9.82 Å². The Labute approximate surface area is 120 Å². The van der Waals surface area contributed by atoms with Crippen molar-refractivity contribution in [2.24, 2.45) is 5.73 Å². The number of rotatable bonds is 4. The number of para-hydroxylation sites is 1. The molecule has 0 radical (unpaired) electrons. The zero-order chi connectivity index (χ0) is 14.7. The standard InChI is InChI=1S/C14H13N3O2S/c1-9-6-7-12(10(8-9)14(15)16)20-13-5-3-2-4-11(13)17(18)19/h2-8H,1H3,(H3,15,16). The van der Waals surface area contributed by atoms with E-state index in [1.54, 1.807) is 24.3 Å². The van der Waals surface area contributed by atoms with Crippen LogP contribution in [0.3, 0.4) is 0 Å². The smallest absolute Gasteiger partial charge is 0.283 e. The first-order chi connectivity index (χ1) is 9.49. The first kappa shape index (κ1) is 14.1. The molecule has 2 rings (SSSR count). The van der Waals surface area contributed by atoms with Crippen LogP contribution >= 0.6 is 11.8 Å². The molecule has 0 aliphatic heterocycles. The van der Waals surface area contributed by atoms with Crippen molar-refractivity contribution in [3.05, 3.63) is 63.7 Å². The van der Waals surface area contributed by atoms with Crippen LogP contribution in [-0.2, 0) is 0 Å². The van der Waals surface area contributed by atoms with Gasteiger partial charge in [-0.25, -0.2) is 0 Å². The molecule has 0 saturated carbocycles. The lowest BCUT2D eigenvalue weighted by Crippen LogP contribution is -2.12. The second-order valence-electron chi connectivity index (χ2n) is 4.24. The lowest BCUT2D eigenvalue weighted by Gasteiger charge is -2.09. The highest BCUT2D eigenvalue weighted by atomic mass is 32.2. The van der Waals surface area contributed by atoms with E-state index < -0.39 is 4.92 Å². The third-order valence-corrected chi connectivity index (χ3v) is 3.85. The molecular formula is C14H13N3O2S. The molecule has 0 saturated heterocycles. The number of hydrogen-bond acceptors (Lipinski definition) is 4. The summed E-state index contributed by atoms with van der Waals surface area (Å²) >= 11 is 1.24. The number of nitrogens with zero attached hydrogens (tertiary/aromatic N) is 1. The third-order valence-electron chi connectivity index (χ3n) is 2.71. The number of amidine groups is 1. The minimum Gasteiger partial charge on any atom is -0.384 e. The number of nitrogens with two attached hydrogens (primary N) is 1. The molecule has 0 amide bonds. The van der Waals surface area contributed by atoms with Crippen molar-refractivity contribution in [2.75, 3.05) is 0 Å². The molecule has 20 heavy (non-hydrogen) atoms. The molecule has 0 aliphatic rings. The second-order valence-corrected chi connectivity index (χ2v) is 5.32. The van der Waals surface area contributed by atoms with Gasteiger partial charge >= 0.3 is 0 Å². The molecule has 0 fully saturated rings. The van der Waals surface area contributed by atoms with Crippen LogP contribution < -0.4 is 5.73 Å². The summed E-state index contributed by atoms with van der Waals surface area (Å²) in [6, 6.07) is 12.0. The molecule has 3 N–H and O–H groups in total. The monoisotopic (exact) mass is 287 g/mol. The first-order valence-electron chi connectivity index (χ1n) is 5.85. The summed E-state index contributed by atoms with van der Waals surface area (Å²) in [4.78, 5) is 11.9. The quantitative estimate of drug-likeness (QED) is 0.390. The Morgan fingerprint density at radius 3 is 2.60 bits per heavy atom. The lowest BCUT2D eigenvalue weighted by atomic mass is 10.1. The Balaban J connectivity index is 2.45. The van der Waals surface area contributed by atoms with E-state index in [4.69, 9.17) is 11.1 Å². The highest BCUT2D eigenvalue weighted by Gasteiger charge is 2.15. The lowest BCUT2D eigenvalue weighted by molar-refractivity contribution is -0.387. The highest BCUT2D eigenvalue weighted by molar-refractivity contribution is 7.99. The van der Waals surface area contributed by atoms with Crippen molar-refractivity contribution in [3.63, 3.8) is 0 Å². The maximum Gasteiger partial charge on any atom is 0.283 e. The predicted octanol–water partition coefficient (Wildman–Crippen LogP) is 3.34. The van der Waals surface area contributed by atoms with Crippen LogP contribution in [0.4, 0.5) is 5.69 Å². The van der Waals surface area contributed by atoms with E-state index >= 15 is 0 Å². The molecule has 0 atom stereocenters. The van der Waals surface area contributed by atoms with Gasteiger partial charge in [-0.05, 0) is 25.1 Å². The molecular weight excluding hydrogens is 274 g/mol. The van der Waals surface area contributed by atoms with E-state index in [-0.39, 0.29) is 11.5 Å². The normalized spacial score (nSPS) is 10.2. The third kappa shape index (κ3) is 2.97. The predicted molar refractivity (Wildman–Crippen MR) is 79.4 cm³/mol. The van der Waals surface area contributed by atoms with Gasteiger partial charge in [-0.15, -0.1) is 0 Å². The number of nitrogen functional groups attached to an aromatic ring is 1. The van der Waals surface area contributed by atoms with Crippen molar-refractivity contribution in [1.29, 1.82) is 5.41 Å². The van der Waals surface area contributed by atoms with Crippen LogP contribution in [0.1, 0.15) is 11.1 Å². The summed E-state index contributed by atoms with van der Waals surface area (Å²) in [6.07, 6.45) is 0. The van der Waals surface area contributed by atoms with Crippen molar-refractivity contribution in [1.82, 2.24) is 0 Å². The zero-order valence-electron chi connectivity index (χ0n) is 10.8. The maximum absolute atomic E-state index is 11.0. The average Bonchev–Trinajstić information content (AvgIpc) is 2.41. The van der Waals surface area contributed by atoms with Crippen LogP contribution in [0, 0.1) is 22.4 Å². The molecule has 0 bridgehead atoms. The van der Waals surface area contributed by atoms with Crippen molar-refractivity contribution in [2.45, 2.75) is 16.7 Å². The Hall–Kier alpha value is -2.34. The summed E-state index contributed by atoms with van der Waals surface area (Å²) < 4.78 is 0. The molecule has 2 aromatic rings. The molecule has 0 spiro atoms. The van der Waals surface area contributed by atoms with E-state index in [0.29, 0.717) is 10.5 Å². The molecule has 0 heterocycles. The van der Waals surface area contributed by atoms with Crippen LogP contribution in [0.15, 0.2) is 52.3 Å². The Kier molecular flexibility index (Phi) is 4.05. The molecule has 102 valence electrons. The van der Waals surface area contributed by atoms with Gasteiger partial charge in [0.15, 0.2) is 0 Å². The summed E-state index contributed by atoms with van der Waals surface area (Å²) in [7, 11) is 0. The van der Waals surface area contributed by atoms with Crippen molar-refractivity contribution in [3.8, 4) is 0 Å². The summed E-state index contributed by atoms with van der Waals surface area (Å²) in [5.41, 5.74) is 7.20. The van der Waals surface area contributed by atoms with E-state index in [1.807, 2.05) is 19.1 Å². The van der Waals surface area contributed by atoms with Gasteiger partial charge in [-0.1, -0.05) is 35.5 Å². The van der Waals surface area contributed by atoms with Gasteiger partial charge < -0.3 is 5.73 Å². The fourth-order valence-corrected chi connectivity index (χ4v) is 2.80. The zero-order valence-corrected chi connectivity index (χ0v) is 11.6. The van der Waals surface area contributed by atoms with Gasteiger partial charge in [0, 0.05) is 16.5 Å². The fourth-order valence-electron chi connectivity index (χ4n) is 1.76.